The molecule has 144 valence electrons. The maximum Gasteiger partial charge on any atom is 0.251 e. The van der Waals surface area contributed by atoms with Crippen molar-refractivity contribution in [2.75, 3.05) is 19.6 Å². The molecule has 1 aliphatic rings. The highest BCUT2D eigenvalue weighted by Crippen LogP contribution is 2.13. The van der Waals surface area contributed by atoms with Gasteiger partial charge in [-0.15, -0.1) is 0 Å². The minimum Gasteiger partial charge on any atom is -0.352 e. The minimum absolute atomic E-state index is 0.0164. The fraction of sp³-hybridized carbons (Fsp3) is 0.458. The number of likely N-dealkylation sites (tertiary alicyclic amines) is 1. The van der Waals surface area contributed by atoms with Crippen LogP contribution in [0.3, 0.4) is 0 Å². The van der Waals surface area contributed by atoms with Crippen LogP contribution in [0.15, 0.2) is 48.5 Å². The van der Waals surface area contributed by atoms with Crippen molar-refractivity contribution < 1.29 is 4.79 Å². The van der Waals surface area contributed by atoms with Crippen LogP contribution in [-0.4, -0.2) is 30.4 Å². The highest BCUT2D eigenvalue weighted by atomic mass is 16.1. The van der Waals surface area contributed by atoms with Crippen molar-refractivity contribution in [3.05, 3.63) is 70.8 Å². The summed E-state index contributed by atoms with van der Waals surface area (Å²) in [6.07, 6.45) is 7.01. The summed E-state index contributed by atoms with van der Waals surface area (Å²) in [6.45, 7) is 6.39. The predicted molar refractivity (Wildman–Crippen MR) is 112 cm³/mol. The van der Waals surface area contributed by atoms with Gasteiger partial charge < -0.3 is 5.32 Å². The summed E-state index contributed by atoms with van der Waals surface area (Å²) in [6, 6.07) is 16.9. The number of nitrogens with zero attached hydrogens (tertiary/aromatic N) is 1. The topological polar surface area (TPSA) is 32.3 Å². The van der Waals surface area contributed by atoms with Crippen molar-refractivity contribution in [1.82, 2.24) is 10.2 Å². The van der Waals surface area contributed by atoms with E-state index in [-0.39, 0.29) is 5.91 Å². The fourth-order valence-electron chi connectivity index (χ4n) is 3.64. The molecule has 0 saturated carbocycles. The maximum atomic E-state index is 12.3. The lowest BCUT2D eigenvalue weighted by Gasteiger charge is -2.14. The molecular weight excluding hydrogens is 332 g/mol. The zero-order valence-electron chi connectivity index (χ0n) is 16.5. The van der Waals surface area contributed by atoms with Gasteiger partial charge in [-0.2, -0.15) is 0 Å². The fourth-order valence-corrected chi connectivity index (χ4v) is 3.64. The third-order valence-electron chi connectivity index (χ3n) is 5.36. The Morgan fingerprint density at radius 2 is 1.48 bits per heavy atom. The second kappa shape index (κ2) is 10.3. The van der Waals surface area contributed by atoms with Crippen molar-refractivity contribution in [3.63, 3.8) is 0 Å². The number of carbonyl (C=O) groups is 1. The van der Waals surface area contributed by atoms with Gasteiger partial charge in [-0.3, -0.25) is 9.69 Å². The molecule has 2 aromatic rings. The molecule has 27 heavy (non-hydrogen) atoms. The molecular formula is C24H32N2O. The Morgan fingerprint density at radius 1 is 0.889 bits per heavy atom. The van der Waals surface area contributed by atoms with Crippen molar-refractivity contribution in [3.8, 4) is 0 Å². The second-order valence-corrected chi connectivity index (χ2v) is 7.61. The first-order chi connectivity index (χ1) is 13.2. The number of unbranched alkanes of at least 4 members (excludes halogenated alkanes) is 1. The van der Waals surface area contributed by atoms with E-state index >= 15 is 0 Å². The van der Waals surface area contributed by atoms with E-state index < -0.39 is 0 Å². The molecule has 1 aliphatic heterocycles. The van der Waals surface area contributed by atoms with Crippen LogP contribution < -0.4 is 5.32 Å². The Kier molecular flexibility index (Phi) is 7.46. The van der Waals surface area contributed by atoms with E-state index in [9.17, 15) is 4.79 Å². The van der Waals surface area contributed by atoms with Gasteiger partial charge in [0.1, 0.15) is 0 Å². The average molecular weight is 365 g/mol. The van der Waals surface area contributed by atoms with Crippen LogP contribution >= 0.6 is 0 Å². The lowest BCUT2D eigenvalue weighted by molar-refractivity contribution is 0.0954. The van der Waals surface area contributed by atoms with E-state index in [4.69, 9.17) is 0 Å². The summed E-state index contributed by atoms with van der Waals surface area (Å²) < 4.78 is 0. The van der Waals surface area contributed by atoms with Gasteiger partial charge in [0.2, 0.25) is 0 Å². The standard InChI is InChI=1S/C24H32N2O/c1-2-3-6-20-11-13-23(14-12-20)24(27)25-16-15-21-7-9-22(10-8-21)19-26-17-4-5-18-26/h7-14H,2-6,15-19H2,1H3,(H,25,27). The Balaban J connectivity index is 1.41. The van der Waals surface area contributed by atoms with Gasteiger partial charge in [0, 0.05) is 18.7 Å². The van der Waals surface area contributed by atoms with Crippen molar-refractivity contribution in [1.29, 1.82) is 0 Å². The zero-order valence-corrected chi connectivity index (χ0v) is 16.5. The molecule has 3 rings (SSSR count). The maximum absolute atomic E-state index is 12.3. The highest BCUT2D eigenvalue weighted by molar-refractivity contribution is 5.94. The van der Waals surface area contributed by atoms with Crippen LogP contribution in [0.4, 0.5) is 0 Å². The van der Waals surface area contributed by atoms with E-state index in [0.717, 1.165) is 24.9 Å². The smallest absolute Gasteiger partial charge is 0.251 e. The molecule has 3 nitrogen and oxygen atoms in total. The summed E-state index contributed by atoms with van der Waals surface area (Å²) >= 11 is 0. The van der Waals surface area contributed by atoms with Crippen molar-refractivity contribution >= 4 is 5.91 Å². The molecule has 3 heteroatoms. The summed E-state index contributed by atoms with van der Waals surface area (Å²) in [4.78, 5) is 14.8. The van der Waals surface area contributed by atoms with Gasteiger partial charge in [-0.1, -0.05) is 49.7 Å². The van der Waals surface area contributed by atoms with Crippen LogP contribution in [0.5, 0.6) is 0 Å². The normalized spacial score (nSPS) is 14.4. The van der Waals surface area contributed by atoms with Crippen LogP contribution in [0, 0.1) is 0 Å². The number of rotatable bonds is 9. The summed E-state index contributed by atoms with van der Waals surface area (Å²) in [5.41, 5.74) is 4.71. The van der Waals surface area contributed by atoms with Crippen molar-refractivity contribution in [2.24, 2.45) is 0 Å². The SMILES string of the molecule is CCCCc1ccc(C(=O)NCCc2ccc(CN3CCCC3)cc2)cc1. The molecule has 0 bridgehead atoms. The number of hydrogen-bond acceptors (Lipinski definition) is 2. The van der Waals surface area contributed by atoms with E-state index in [1.165, 1.54) is 55.5 Å². The van der Waals surface area contributed by atoms with E-state index in [1.807, 2.05) is 12.1 Å². The van der Waals surface area contributed by atoms with E-state index in [2.05, 4.69) is 53.5 Å². The second-order valence-electron chi connectivity index (χ2n) is 7.61. The predicted octanol–water partition coefficient (Wildman–Crippen LogP) is 4.60. The van der Waals surface area contributed by atoms with Crippen LogP contribution in [0.25, 0.3) is 0 Å². The van der Waals surface area contributed by atoms with E-state index in [1.54, 1.807) is 0 Å². The number of benzene rings is 2. The molecule has 0 aromatic heterocycles. The molecule has 1 fully saturated rings. The van der Waals surface area contributed by atoms with Crippen LogP contribution in [0.1, 0.15) is 59.7 Å². The van der Waals surface area contributed by atoms with Crippen LogP contribution in [0.2, 0.25) is 0 Å². The molecule has 0 radical (unpaired) electrons. The van der Waals surface area contributed by atoms with Gasteiger partial charge in [0.25, 0.3) is 5.91 Å². The molecule has 1 saturated heterocycles. The molecule has 1 heterocycles. The molecule has 1 N–H and O–H groups in total. The number of amides is 1. The van der Waals surface area contributed by atoms with E-state index in [0.29, 0.717) is 6.54 Å². The van der Waals surface area contributed by atoms with Crippen molar-refractivity contribution in [2.45, 2.75) is 52.0 Å². The Hall–Kier alpha value is -2.13. The number of nitrogens with one attached hydrogen (secondary N) is 1. The molecule has 0 unspecified atom stereocenters. The quantitative estimate of drug-likeness (QED) is 0.705. The average Bonchev–Trinajstić information content (AvgIpc) is 3.21. The molecule has 1 amide bonds. The monoisotopic (exact) mass is 364 g/mol. The third-order valence-corrected chi connectivity index (χ3v) is 5.36. The molecule has 0 atom stereocenters. The first-order valence-electron chi connectivity index (χ1n) is 10.4. The van der Waals surface area contributed by atoms with Gasteiger partial charge in [-0.25, -0.2) is 0 Å². The Labute approximate surface area is 163 Å². The summed E-state index contributed by atoms with van der Waals surface area (Å²) in [7, 11) is 0. The molecule has 0 spiro atoms. The van der Waals surface area contributed by atoms with Gasteiger partial charge >= 0.3 is 0 Å². The number of carbonyl (C=O) groups excluding carboxylic acids is 1. The first kappa shape index (κ1) is 19.6. The van der Waals surface area contributed by atoms with Gasteiger partial charge in [0.05, 0.1) is 0 Å². The largest absolute Gasteiger partial charge is 0.352 e. The summed E-state index contributed by atoms with van der Waals surface area (Å²) in [5.74, 6) is 0.0164. The number of aryl methyl sites for hydroxylation is 1. The first-order valence-corrected chi connectivity index (χ1v) is 10.4. The highest BCUT2D eigenvalue weighted by Gasteiger charge is 2.11. The minimum atomic E-state index is 0.0164. The Morgan fingerprint density at radius 3 is 2.15 bits per heavy atom. The number of hydrogen-bond donors (Lipinski definition) is 1. The summed E-state index contributed by atoms with van der Waals surface area (Å²) in [5, 5.41) is 3.04. The van der Waals surface area contributed by atoms with Gasteiger partial charge in [-0.05, 0) is 74.0 Å². The molecule has 0 aliphatic carbocycles. The Bertz CT molecular complexity index is 700. The van der Waals surface area contributed by atoms with Crippen LogP contribution in [-0.2, 0) is 19.4 Å². The third kappa shape index (κ3) is 6.21. The lowest BCUT2D eigenvalue weighted by atomic mass is 10.1. The lowest BCUT2D eigenvalue weighted by Crippen LogP contribution is -2.25. The van der Waals surface area contributed by atoms with Gasteiger partial charge in [0.15, 0.2) is 0 Å². The zero-order chi connectivity index (χ0) is 18.9. The molecule has 2 aromatic carbocycles.